The molecule has 3 aromatic heterocycles. The summed E-state index contributed by atoms with van der Waals surface area (Å²) in [6.45, 7) is 14.7. The first-order chi connectivity index (χ1) is 43.0. The van der Waals surface area contributed by atoms with Gasteiger partial charge in [-0.2, -0.15) is 23.2 Å². The molecule has 2 amide bonds. The summed E-state index contributed by atoms with van der Waals surface area (Å²) in [6.07, 6.45) is 2.26. The van der Waals surface area contributed by atoms with Gasteiger partial charge in [0, 0.05) is 87.4 Å². The van der Waals surface area contributed by atoms with Crippen LogP contribution in [0.25, 0.3) is 30.6 Å². The summed E-state index contributed by atoms with van der Waals surface area (Å²) < 4.78 is 70.8. The Bertz CT molecular complexity index is 3430. The Labute approximate surface area is 658 Å². The number of aliphatic imine (C=N–C) groups is 1. The monoisotopic (exact) mass is 1480 g/mol. The van der Waals surface area contributed by atoms with Crippen LogP contribution in [0.15, 0.2) is 41.4 Å². The summed E-state index contributed by atoms with van der Waals surface area (Å²) in [5.41, 5.74) is 5.44. The van der Waals surface area contributed by atoms with Gasteiger partial charge in [-0.1, -0.05) is 7.43 Å². The molecule has 0 fully saturated rings. The van der Waals surface area contributed by atoms with E-state index in [2.05, 4.69) is 42.8 Å². The van der Waals surface area contributed by atoms with Crippen molar-refractivity contribution in [3.8, 4) is 29.4 Å². The first kappa shape index (κ1) is 92.3. The molecule has 6 aromatic rings. The summed E-state index contributed by atoms with van der Waals surface area (Å²) in [6, 6.07) is 11.1. The van der Waals surface area contributed by atoms with Crippen molar-refractivity contribution in [1.82, 2.24) is 30.1 Å². The van der Waals surface area contributed by atoms with Crippen LogP contribution in [0.3, 0.4) is 0 Å². The number of carboxylic acid groups (broad SMARTS) is 2. The molecule has 0 spiro atoms. The Hall–Kier alpha value is -3.78. The number of thiazole rings is 3. The van der Waals surface area contributed by atoms with Crippen LogP contribution in [0.2, 0.25) is 0 Å². The van der Waals surface area contributed by atoms with Crippen LogP contribution < -0.4 is 139 Å². The number of halogens is 4. The van der Waals surface area contributed by atoms with Gasteiger partial charge in [0.15, 0.2) is 50.8 Å². The molecule has 0 unspecified atom stereocenters. The zero-order valence-electron chi connectivity index (χ0n) is 54.7. The average molecular weight is 1490 g/mol. The molecular formula is C58H80ClF3K2N11O14S5+. The summed E-state index contributed by atoms with van der Waals surface area (Å²) >= 11 is 14.3. The van der Waals surface area contributed by atoms with Crippen LogP contribution in [0.4, 0.5) is 22.8 Å². The third-order valence-electron chi connectivity index (χ3n) is 10.8. The Balaban J connectivity index is -0.00000113. The van der Waals surface area contributed by atoms with Crippen LogP contribution in [0.1, 0.15) is 91.1 Å². The predicted molar refractivity (Wildman–Crippen MR) is 353 cm³/mol. The topological polar surface area (TPSA) is 364 Å². The number of aliphatic carboxylic acids is 2. The zero-order chi connectivity index (χ0) is 68.4. The van der Waals surface area contributed by atoms with E-state index < -0.39 is 58.8 Å². The van der Waals surface area contributed by atoms with Crippen molar-refractivity contribution >= 4 is 136 Å². The molecule has 4 heterocycles. The van der Waals surface area contributed by atoms with E-state index in [4.69, 9.17) is 71.8 Å². The maximum absolute atomic E-state index is 14.1. The summed E-state index contributed by atoms with van der Waals surface area (Å²) in [4.78, 5) is 74.7. The molecule has 0 aliphatic carbocycles. The largest absolute Gasteiger partial charge is 1.00 e. The molecular weight excluding hydrogens is 1410 g/mol. The van der Waals surface area contributed by atoms with E-state index in [1.807, 2.05) is 52.3 Å². The Morgan fingerprint density at radius 1 is 0.798 bits per heavy atom. The van der Waals surface area contributed by atoms with Crippen molar-refractivity contribution in [1.29, 1.82) is 10.5 Å². The van der Waals surface area contributed by atoms with Gasteiger partial charge in [0.1, 0.15) is 39.4 Å². The number of hydrogen-bond acceptors (Lipinski definition) is 25. The van der Waals surface area contributed by atoms with Gasteiger partial charge in [0.05, 0.1) is 64.1 Å². The number of carboxylic acids is 2. The molecule has 7 rings (SSSR count). The minimum atomic E-state index is -1.00. The van der Waals surface area contributed by atoms with Gasteiger partial charge in [-0.15, -0.1) is 57.4 Å². The van der Waals surface area contributed by atoms with Crippen LogP contribution in [-0.4, -0.2) is 185 Å². The Kier molecular flexibility index (Phi) is 48.0. The number of amides is 2. The number of rotatable bonds is 23. The maximum Gasteiger partial charge on any atom is 1.00 e. The average Bonchev–Trinajstić information content (AvgIpc) is 1.69. The number of ether oxygens (including phenoxy) is 5. The van der Waals surface area contributed by atoms with Crippen molar-refractivity contribution in [3.05, 3.63) is 68.9 Å². The number of aromatic nitrogens is 3. The number of alkyl halides is 1. The molecule has 510 valence electrons. The molecule has 0 saturated carbocycles. The van der Waals surface area contributed by atoms with Crippen LogP contribution in [0.5, 0.6) is 17.2 Å². The van der Waals surface area contributed by atoms with E-state index in [1.54, 1.807) is 53.1 Å². The number of thiol groups is 1. The molecule has 36 heteroatoms. The number of thioether (sulfide) groups is 1. The third kappa shape index (κ3) is 35.6. The number of carbonyl (C=O) groups is 5. The molecule has 0 bridgehead atoms. The van der Waals surface area contributed by atoms with Gasteiger partial charge in [-0.3, -0.25) is 14.6 Å². The van der Waals surface area contributed by atoms with Crippen LogP contribution >= 0.6 is 70.0 Å². The second kappa shape index (κ2) is 48.9. The van der Waals surface area contributed by atoms with Crippen LogP contribution in [0, 0.1) is 40.1 Å². The summed E-state index contributed by atoms with van der Waals surface area (Å²) in [5, 5.41) is 49.9. The van der Waals surface area contributed by atoms with Gasteiger partial charge in [0.25, 0.3) is 6.47 Å². The molecule has 25 nitrogen and oxygen atoms in total. The fraction of sp³-hybridized carbons (Fsp3) is 0.500. The molecule has 0 saturated heterocycles. The number of quaternary nitrogens is 1. The number of fused-ring (bicyclic) bond motifs is 3. The van der Waals surface area contributed by atoms with E-state index in [0.717, 1.165) is 41.8 Å². The first-order valence-electron chi connectivity index (χ1n) is 27.6. The van der Waals surface area contributed by atoms with Gasteiger partial charge in [-0.25, -0.2) is 42.5 Å². The van der Waals surface area contributed by atoms with Gasteiger partial charge in [-0.05, 0) is 74.4 Å². The molecule has 1 aliphatic heterocycles. The molecule has 0 radical (unpaired) electrons. The van der Waals surface area contributed by atoms with Gasteiger partial charge in [0.2, 0.25) is 0 Å². The standard InChI is InChI=1S/C17H20FN3O3S.C15H16FN3O3S2.C12H12FN3OS.C9H18ClNO2.C3H7NO2S.CH2O3.CH4.2K.H/c1-17(2,3)24-16(22)21(4)6-5-7-23-13-9-14-12(8-11(13)18)20-15(10-19)25-14;1-17-3-2-4-22-11-6-12-9(5-8(11)16)18-14(24-12)13-19-10(7-23-13)15(20)21;1-15-3-2-4-17-10-6-11-9(5-8(10)13)16-12(7-14)18-11;1-9(2,3)13-8(12)11(4)7-5-6-10;4-2(1-7)3(5)6;2-1-4-3;;;;/h8-9H,5-7H2,1-4H3;5-6,10,17H,2-4,7H2,1H3,(H,20,21);5-6,15H,2-4H2,1H3;5-7H2,1-4H3;2,7H,1,4H2,(H,5,6);1,3H;1H4;;;/q;;;;;;;2*+1;-1/t;10-;;;2-;;;;;/m.1..1...../s1. The van der Waals surface area contributed by atoms with Gasteiger partial charge >= 0.3 is 127 Å². The Morgan fingerprint density at radius 3 is 1.56 bits per heavy atom. The van der Waals surface area contributed by atoms with E-state index >= 15 is 0 Å². The number of nitrogens with one attached hydrogen (secondary N) is 1. The number of nitrogens with zero attached hydrogens (tertiary/aromatic N) is 8. The van der Waals surface area contributed by atoms with Crippen molar-refractivity contribution in [2.24, 2.45) is 10.7 Å². The first-order valence-corrected chi connectivity index (χ1v) is 32.2. The molecule has 1 aliphatic rings. The fourth-order valence-corrected chi connectivity index (χ4v) is 10.4. The number of hydrogen-bond donors (Lipinski definition) is 6. The van der Waals surface area contributed by atoms with Crippen molar-refractivity contribution in [2.45, 2.75) is 97.9 Å². The third-order valence-corrected chi connectivity index (χ3v) is 15.6. The van der Waals surface area contributed by atoms with E-state index in [9.17, 15) is 32.3 Å². The number of nitriles is 2. The number of carbonyl (C=O) groups excluding carboxylic acids is 3. The summed E-state index contributed by atoms with van der Waals surface area (Å²) in [7, 11) is 7.18. The second-order valence-corrected chi connectivity index (χ2v) is 25.5. The fourth-order valence-electron chi connectivity index (χ4n) is 6.55. The SMILES string of the molecule is C.CN(CCCCl)C(=O)OC(C)(C)C.CN(CCCOc1cc2sc(C#N)nc2cc1F)C(=O)OC(C)(C)C.CNCCCOc1cc2sc(C3=N[C@@H](C(=O)O)CS3)nc2cc1F.C[NH2+]CCCOc1cc2sc(C#N)nc2cc1F.N[C@H](CS)C(=O)O.O=CO[O-].[H-].[K+].[K+]. The smallest absolute Gasteiger partial charge is 1.00 e. The normalized spacial score (nSPS) is 12.2. The number of nitrogens with two attached hydrogens (primary N) is 2. The van der Waals surface area contributed by atoms with E-state index in [0.29, 0.717) is 80.7 Å². The summed E-state index contributed by atoms with van der Waals surface area (Å²) in [5.74, 6) is -1.66. The maximum atomic E-state index is 14.1. The van der Waals surface area contributed by atoms with E-state index in [-0.39, 0.29) is 159 Å². The van der Waals surface area contributed by atoms with Gasteiger partial charge < -0.3 is 71.6 Å². The van der Waals surface area contributed by atoms with Crippen LogP contribution in [-0.2, 0) is 28.7 Å². The quantitative estimate of drug-likeness (QED) is 0.0102. The minimum Gasteiger partial charge on any atom is -1.00 e. The molecule has 94 heavy (non-hydrogen) atoms. The van der Waals surface area contributed by atoms with Crippen molar-refractivity contribution < 1.29 is 191 Å². The molecule has 3 aromatic carbocycles. The van der Waals surface area contributed by atoms with E-state index in [1.165, 1.54) is 73.8 Å². The molecule has 2 atom stereocenters. The second-order valence-electron chi connectivity index (χ2n) is 20.7. The predicted octanol–water partition coefficient (Wildman–Crippen LogP) is 2.58. The zero-order valence-corrected chi connectivity index (χ0v) is 64.9. The van der Waals surface area contributed by atoms with Crippen molar-refractivity contribution in [3.63, 3.8) is 0 Å². The Morgan fingerprint density at radius 2 is 1.21 bits per heavy atom. The van der Waals surface area contributed by atoms with Crippen molar-refractivity contribution in [2.75, 3.05) is 91.6 Å². The molecule has 7 N–H and O–H groups in total. The minimum absolute atomic E-state index is 0. The number of benzene rings is 3.